The summed E-state index contributed by atoms with van der Waals surface area (Å²) in [4.78, 5) is 6.06. The SMILES string of the molecule is COc1ccc([C@@H]2C[C@@H]3C[C@H](c4ccccc4)N2O3)cc1. The predicted molar refractivity (Wildman–Crippen MR) is 80.9 cm³/mol. The van der Waals surface area contributed by atoms with E-state index in [-0.39, 0.29) is 0 Å². The molecule has 0 N–H and O–H groups in total. The summed E-state index contributed by atoms with van der Waals surface area (Å²) in [5, 5.41) is 2.20. The second-order valence-electron chi connectivity index (χ2n) is 5.77. The standard InChI is InChI=1S/C18H19NO2/c1-20-15-9-7-14(8-10-15)18-12-16-11-17(19(18)21-16)13-5-3-2-4-6-13/h2-10,16-18H,11-12H2,1H3/t16-,17+,18-/m0/s1. The third-order valence-electron chi connectivity index (χ3n) is 4.54. The Morgan fingerprint density at radius 2 is 1.52 bits per heavy atom. The van der Waals surface area contributed by atoms with Crippen molar-refractivity contribution >= 4 is 0 Å². The number of benzene rings is 2. The van der Waals surface area contributed by atoms with E-state index in [9.17, 15) is 0 Å². The summed E-state index contributed by atoms with van der Waals surface area (Å²) < 4.78 is 5.24. The molecule has 4 rings (SSSR count). The van der Waals surface area contributed by atoms with E-state index in [1.807, 2.05) is 12.1 Å². The Labute approximate surface area is 125 Å². The van der Waals surface area contributed by atoms with Crippen molar-refractivity contribution in [3.8, 4) is 5.75 Å². The number of ether oxygens (including phenoxy) is 1. The fourth-order valence-corrected chi connectivity index (χ4v) is 3.49. The summed E-state index contributed by atoms with van der Waals surface area (Å²) in [6, 6.07) is 19.7. The number of nitrogens with zero attached hydrogens (tertiary/aromatic N) is 1. The fourth-order valence-electron chi connectivity index (χ4n) is 3.49. The van der Waals surface area contributed by atoms with Crippen molar-refractivity contribution in [3.05, 3.63) is 65.7 Å². The monoisotopic (exact) mass is 281 g/mol. The second-order valence-corrected chi connectivity index (χ2v) is 5.77. The van der Waals surface area contributed by atoms with E-state index in [1.54, 1.807) is 7.11 Å². The van der Waals surface area contributed by atoms with Gasteiger partial charge in [0.1, 0.15) is 5.75 Å². The number of rotatable bonds is 3. The number of methoxy groups -OCH3 is 1. The van der Waals surface area contributed by atoms with Crippen molar-refractivity contribution in [1.82, 2.24) is 5.06 Å². The summed E-state index contributed by atoms with van der Waals surface area (Å²) in [6.45, 7) is 0. The van der Waals surface area contributed by atoms with Crippen LogP contribution in [-0.2, 0) is 4.84 Å². The van der Waals surface area contributed by atoms with E-state index >= 15 is 0 Å². The lowest BCUT2D eigenvalue weighted by atomic mass is 9.90. The molecule has 2 bridgehead atoms. The van der Waals surface area contributed by atoms with E-state index in [0.717, 1.165) is 18.6 Å². The highest BCUT2D eigenvalue weighted by molar-refractivity contribution is 5.31. The molecular formula is C18H19NO2. The van der Waals surface area contributed by atoms with Gasteiger partial charge in [-0.3, -0.25) is 4.84 Å². The lowest BCUT2D eigenvalue weighted by Crippen LogP contribution is -2.26. The minimum atomic E-state index is 0.347. The summed E-state index contributed by atoms with van der Waals surface area (Å²) in [6.07, 6.45) is 2.52. The zero-order valence-electron chi connectivity index (χ0n) is 12.1. The molecule has 0 spiro atoms. The molecule has 3 heteroatoms. The number of hydrogen-bond donors (Lipinski definition) is 0. The van der Waals surface area contributed by atoms with Gasteiger partial charge in [0.25, 0.3) is 0 Å². The first-order chi connectivity index (χ1) is 10.3. The van der Waals surface area contributed by atoms with Crippen LogP contribution in [-0.4, -0.2) is 18.3 Å². The van der Waals surface area contributed by atoms with E-state index in [4.69, 9.17) is 9.57 Å². The summed E-state index contributed by atoms with van der Waals surface area (Å²) in [5.74, 6) is 0.900. The lowest BCUT2D eigenvalue weighted by molar-refractivity contribution is -0.136. The first kappa shape index (κ1) is 12.9. The van der Waals surface area contributed by atoms with Crippen LogP contribution >= 0.6 is 0 Å². The highest BCUT2D eigenvalue weighted by atomic mass is 16.7. The van der Waals surface area contributed by atoms with Crippen molar-refractivity contribution in [2.75, 3.05) is 7.11 Å². The Bertz CT molecular complexity index is 611. The molecule has 2 saturated heterocycles. The van der Waals surface area contributed by atoms with E-state index in [2.05, 4.69) is 47.5 Å². The van der Waals surface area contributed by atoms with Gasteiger partial charge < -0.3 is 4.74 Å². The molecule has 2 aliphatic heterocycles. The van der Waals surface area contributed by atoms with Gasteiger partial charge in [0.15, 0.2) is 0 Å². The topological polar surface area (TPSA) is 21.7 Å². The van der Waals surface area contributed by atoms with Crippen molar-refractivity contribution in [3.63, 3.8) is 0 Å². The number of fused-ring (bicyclic) bond motifs is 2. The minimum Gasteiger partial charge on any atom is -0.497 e. The lowest BCUT2D eigenvalue weighted by Gasteiger charge is -2.29. The van der Waals surface area contributed by atoms with Crippen LogP contribution in [0.4, 0.5) is 0 Å². The van der Waals surface area contributed by atoms with Gasteiger partial charge in [-0.1, -0.05) is 42.5 Å². The van der Waals surface area contributed by atoms with Crippen molar-refractivity contribution in [1.29, 1.82) is 0 Å². The van der Waals surface area contributed by atoms with Gasteiger partial charge in [-0.2, -0.15) is 5.06 Å². The van der Waals surface area contributed by atoms with Gasteiger partial charge in [0, 0.05) is 0 Å². The minimum absolute atomic E-state index is 0.347. The summed E-state index contributed by atoms with van der Waals surface area (Å²) in [7, 11) is 1.70. The molecule has 2 heterocycles. The van der Waals surface area contributed by atoms with Crippen LogP contribution < -0.4 is 4.74 Å². The van der Waals surface area contributed by atoms with Crippen molar-refractivity contribution in [2.45, 2.75) is 31.0 Å². The first-order valence-electron chi connectivity index (χ1n) is 7.49. The molecule has 2 fully saturated rings. The molecule has 21 heavy (non-hydrogen) atoms. The molecule has 0 saturated carbocycles. The Kier molecular flexibility index (Phi) is 3.17. The van der Waals surface area contributed by atoms with Crippen molar-refractivity contribution in [2.24, 2.45) is 0 Å². The van der Waals surface area contributed by atoms with Crippen LogP contribution in [0.15, 0.2) is 54.6 Å². The maximum atomic E-state index is 6.06. The Morgan fingerprint density at radius 1 is 0.905 bits per heavy atom. The Balaban J connectivity index is 1.60. The maximum absolute atomic E-state index is 6.06. The van der Waals surface area contributed by atoms with Gasteiger partial charge in [0.05, 0.1) is 25.3 Å². The van der Waals surface area contributed by atoms with Gasteiger partial charge in [0.2, 0.25) is 0 Å². The third-order valence-corrected chi connectivity index (χ3v) is 4.54. The first-order valence-corrected chi connectivity index (χ1v) is 7.49. The molecule has 0 aliphatic carbocycles. The third kappa shape index (κ3) is 2.23. The smallest absolute Gasteiger partial charge is 0.118 e. The Hall–Kier alpha value is -1.84. The quantitative estimate of drug-likeness (QED) is 0.852. The number of hydrogen-bond acceptors (Lipinski definition) is 3. The van der Waals surface area contributed by atoms with Crippen LogP contribution in [0.2, 0.25) is 0 Å². The zero-order valence-corrected chi connectivity index (χ0v) is 12.1. The largest absolute Gasteiger partial charge is 0.497 e. The maximum Gasteiger partial charge on any atom is 0.118 e. The molecule has 0 aromatic heterocycles. The molecule has 3 nitrogen and oxygen atoms in total. The molecule has 1 unspecified atom stereocenters. The van der Waals surface area contributed by atoms with Crippen LogP contribution in [0.25, 0.3) is 0 Å². The zero-order chi connectivity index (χ0) is 14.2. The van der Waals surface area contributed by atoms with Crippen molar-refractivity contribution < 1.29 is 9.57 Å². The normalized spacial score (nSPS) is 30.5. The number of piperidine rings is 1. The second kappa shape index (κ2) is 5.17. The molecule has 0 radical (unpaired) electrons. The van der Waals surface area contributed by atoms with Crippen LogP contribution in [0, 0.1) is 0 Å². The molecule has 0 amide bonds. The highest BCUT2D eigenvalue weighted by Gasteiger charge is 2.46. The van der Waals surface area contributed by atoms with Gasteiger partial charge >= 0.3 is 0 Å². The average Bonchev–Trinajstić information content (AvgIpc) is 3.16. The molecule has 2 aromatic carbocycles. The average molecular weight is 281 g/mol. The molecule has 2 aromatic rings. The van der Waals surface area contributed by atoms with Crippen LogP contribution in [0.1, 0.15) is 36.1 Å². The van der Waals surface area contributed by atoms with E-state index in [1.165, 1.54) is 11.1 Å². The van der Waals surface area contributed by atoms with E-state index < -0.39 is 0 Å². The fraction of sp³-hybridized carbons (Fsp3) is 0.333. The predicted octanol–water partition coefficient (Wildman–Crippen LogP) is 3.89. The Morgan fingerprint density at radius 3 is 2.10 bits per heavy atom. The number of hydroxylamine groups is 2. The summed E-state index contributed by atoms with van der Waals surface area (Å²) >= 11 is 0. The van der Waals surface area contributed by atoms with Crippen LogP contribution in [0.5, 0.6) is 5.75 Å². The molecule has 2 aliphatic rings. The van der Waals surface area contributed by atoms with Gasteiger partial charge in [-0.05, 0) is 36.1 Å². The van der Waals surface area contributed by atoms with Crippen LogP contribution in [0.3, 0.4) is 0 Å². The summed E-state index contributed by atoms with van der Waals surface area (Å²) in [5.41, 5.74) is 2.65. The molecule has 108 valence electrons. The molecule has 4 atom stereocenters. The van der Waals surface area contributed by atoms with E-state index in [0.29, 0.717) is 18.2 Å². The molecular weight excluding hydrogens is 262 g/mol. The van der Waals surface area contributed by atoms with Gasteiger partial charge in [-0.25, -0.2) is 0 Å². The highest BCUT2D eigenvalue weighted by Crippen LogP contribution is 2.49. The van der Waals surface area contributed by atoms with Gasteiger partial charge in [-0.15, -0.1) is 0 Å².